The molecule has 0 aliphatic heterocycles. The lowest BCUT2D eigenvalue weighted by molar-refractivity contribution is 0.104. The molecule has 0 spiro atoms. The molecule has 0 saturated heterocycles. The van der Waals surface area contributed by atoms with Crippen LogP contribution in [0.15, 0.2) is 97.1 Å². The maximum absolute atomic E-state index is 13.0. The molecule has 4 aromatic carbocycles. The lowest BCUT2D eigenvalue weighted by atomic mass is 9.97. The third-order valence-corrected chi connectivity index (χ3v) is 4.36. The van der Waals surface area contributed by atoms with Crippen molar-refractivity contribution in [3.8, 4) is 5.75 Å². The van der Waals surface area contributed by atoms with Gasteiger partial charge in [0.1, 0.15) is 12.4 Å². The first-order chi connectivity index (χ1) is 12.8. The van der Waals surface area contributed by atoms with Crippen LogP contribution in [0.4, 0.5) is 0 Å². The van der Waals surface area contributed by atoms with Gasteiger partial charge in [-0.3, -0.25) is 4.79 Å². The van der Waals surface area contributed by atoms with Crippen LogP contribution in [-0.4, -0.2) is 5.78 Å². The Balaban J connectivity index is 1.72. The highest BCUT2D eigenvalue weighted by atomic mass is 16.5. The molecule has 0 unspecified atom stereocenters. The quantitative estimate of drug-likeness (QED) is 0.440. The highest BCUT2D eigenvalue weighted by Crippen LogP contribution is 2.28. The van der Waals surface area contributed by atoms with Crippen LogP contribution in [0.3, 0.4) is 0 Å². The van der Waals surface area contributed by atoms with Gasteiger partial charge in [0, 0.05) is 11.1 Å². The van der Waals surface area contributed by atoms with Gasteiger partial charge in [0.25, 0.3) is 0 Å². The average Bonchev–Trinajstić information content (AvgIpc) is 2.72. The molecule has 0 aromatic heterocycles. The molecule has 0 aliphatic rings. The minimum Gasteiger partial charge on any atom is -0.489 e. The van der Waals surface area contributed by atoms with E-state index in [4.69, 9.17) is 4.74 Å². The second-order valence-electron chi connectivity index (χ2n) is 6.16. The van der Waals surface area contributed by atoms with Gasteiger partial charge in [0.05, 0.1) is 0 Å². The summed E-state index contributed by atoms with van der Waals surface area (Å²) in [6.45, 7) is 0.470. The summed E-state index contributed by atoms with van der Waals surface area (Å²) in [5.41, 5.74) is 2.44. The van der Waals surface area contributed by atoms with Crippen molar-refractivity contribution in [2.45, 2.75) is 6.61 Å². The van der Waals surface area contributed by atoms with E-state index in [9.17, 15) is 4.79 Å². The number of benzene rings is 4. The maximum atomic E-state index is 13.0. The van der Waals surface area contributed by atoms with Crippen LogP contribution in [0.25, 0.3) is 10.8 Å². The van der Waals surface area contributed by atoms with E-state index in [1.807, 2.05) is 97.1 Å². The number of ether oxygens (including phenoxy) is 1. The summed E-state index contributed by atoms with van der Waals surface area (Å²) in [5, 5.41) is 1.94. The van der Waals surface area contributed by atoms with Gasteiger partial charge in [-0.15, -0.1) is 0 Å². The van der Waals surface area contributed by atoms with Crippen LogP contribution in [0.5, 0.6) is 5.75 Å². The molecule has 0 atom stereocenters. The monoisotopic (exact) mass is 338 g/mol. The van der Waals surface area contributed by atoms with E-state index in [-0.39, 0.29) is 5.78 Å². The summed E-state index contributed by atoms with van der Waals surface area (Å²) in [4.78, 5) is 13.0. The molecule has 0 amide bonds. The van der Waals surface area contributed by atoms with Gasteiger partial charge in [-0.05, 0) is 28.5 Å². The van der Waals surface area contributed by atoms with Crippen LogP contribution in [0.1, 0.15) is 21.5 Å². The standard InChI is InChI=1S/C24H18O2/c25-24(19-11-5-2-6-12-19)23-16-21(15-20-13-7-8-14-22(20)23)26-17-18-9-3-1-4-10-18/h1-16H,17H2. The Morgan fingerprint density at radius 3 is 2.15 bits per heavy atom. The number of hydrogen-bond acceptors (Lipinski definition) is 2. The number of rotatable bonds is 5. The Kier molecular flexibility index (Phi) is 4.48. The Labute approximate surface area is 152 Å². The van der Waals surface area contributed by atoms with Crippen LogP contribution >= 0.6 is 0 Å². The summed E-state index contributed by atoms with van der Waals surface area (Å²) >= 11 is 0. The van der Waals surface area contributed by atoms with Gasteiger partial charge in [0.15, 0.2) is 5.78 Å². The number of carbonyl (C=O) groups excluding carboxylic acids is 1. The molecule has 0 N–H and O–H groups in total. The zero-order valence-corrected chi connectivity index (χ0v) is 14.3. The maximum Gasteiger partial charge on any atom is 0.193 e. The van der Waals surface area contributed by atoms with Crippen molar-refractivity contribution >= 4 is 16.6 Å². The minimum atomic E-state index is 0.00645. The summed E-state index contributed by atoms with van der Waals surface area (Å²) < 4.78 is 5.97. The van der Waals surface area contributed by atoms with E-state index in [0.29, 0.717) is 23.5 Å². The van der Waals surface area contributed by atoms with Crippen molar-refractivity contribution in [2.75, 3.05) is 0 Å². The fourth-order valence-electron chi connectivity index (χ4n) is 3.04. The topological polar surface area (TPSA) is 26.3 Å². The summed E-state index contributed by atoms with van der Waals surface area (Å²) in [5.74, 6) is 0.707. The number of fused-ring (bicyclic) bond motifs is 1. The molecule has 0 aliphatic carbocycles. The molecule has 0 saturated carbocycles. The summed E-state index contributed by atoms with van der Waals surface area (Å²) in [7, 11) is 0. The zero-order valence-electron chi connectivity index (χ0n) is 14.3. The van der Waals surface area contributed by atoms with Gasteiger partial charge in [-0.25, -0.2) is 0 Å². The predicted molar refractivity (Wildman–Crippen MR) is 105 cm³/mol. The SMILES string of the molecule is O=C(c1ccccc1)c1cc(OCc2ccccc2)cc2ccccc12. The molecule has 4 rings (SSSR count). The number of carbonyl (C=O) groups is 1. The van der Waals surface area contributed by atoms with Crippen molar-refractivity contribution in [2.24, 2.45) is 0 Å². The highest BCUT2D eigenvalue weighted by Gasteiger charge is 2.14. The van der Waals surface area contributed by atoms with Crippen LogP contribution < -0.4 is 4.74 Å². The van der Waals surface area contributed by atoms with E-state index < -0.39 is 0 Å². The summed E-state index contributed by atoms with van der Waals surface area (Å²) in [6, 6.07) is 31.1. The van der Waals surface area contributed by atoms with Crippen molar-refractivity contribution in [1.82, 2.24) is 0 Å². The zero-order chi connectivity index (χ0) is 17.8. The van der Waals surface area contributed by atoms with Crippen molar-refractivity contribution in [3.63, 3.8) is 0 Å². The van der Waals surface area contributed by atoms with Gasteiger partial charge in [-0.2, -0.15) is 0 Å². The Bertz CT molecular complexity index is 1040. The summed E-state index contributed by atoms with van der Waals surface area (Å²) in [6.07, 6.45) is 0. The van der Waals surface area contributed by atoms with Crippen LogP contribution in [-0.2, 0) is 6.61 Å². The van der Waals surface area contributed by atoms with E-state index in [1.165, 1.54) is 0 Å². The number of hydrogen-bond donors (Lipinski definition) is 0. The van der Waals surface area contributed by atoms with Gasteiger partial charge >= 0.3 is 0 Å². The molecule has 0 heterocycles. The van der Waals surface area contributed by atoms with E-state index in [2.05, 4.69) is 0 Å². The first-order valence-corrected chi connectivity index (χ1v) is 8.60. The fraction of sp³-hybridized carbons (Fsp3) is 0.0417. The molecule has 0 bridgehead atoms. The fourth-order valence-corrected chi connectivity index (χ4v) is 3.04. The average molecular weight is 338 g/mol. The third-order valence-electron chi connectivity index (χ3n) is 4.36. The van der Waals surface area contributed by atoms with Gasteiger partial charge in [0.2, 0.25) is 0 Å². The molecule has 2 heteroatoms. The highest BCUT2D eigenvalue weighted by molar-refractivity contribution is 6.16. The molecular formula is C24H18O2. The Morgan fingerprint density at radius 2 is 1.38 bits per heavy atom. The van der Waals surface area contributed by atoms with Crippen molar-refractivity contribution < 1.29 is 9.53 Å². The molecule has 126 valence electrons. The second-order valence-corrected chi connectivity index (χ2v) is 6.16. The Hall–Kier alpha value is -3.39. The lowest BCUT2D eigenvalue weighted by Gasteiger charge is -2.11. The minimum absolute atomic E-state index is 0.00645. The second kappa shape index (κ2) is 7.24. The molecule has 0 fully saturated rings. The number of ketones is 1. The largest absolute Gasteiger partial charge is 0.489 e. The van der Waals surface area contributed by atoms with Crippen molar-refractivity contribution in [1.29, 1.82) is 0 Å². The smallest absolute Gasteiger partial charge is 0.193 e. The molecule has 2 nitrogen and oxygen atoms in total. The normalized spacial score (nSPS) is 10.6. The van der Waals surface area contributed by atoms with Crippen LogP contribution in [0, 0.1) is 0 Å². The third kappa shape index (κ3) is 3.35. The van der Waals surface area contributed by atoms with E-state index in [0.717, 1.165) is 16.3 Å². The molecular weight excluding hydrogens is 320 g/mol. The van der Waals surface area contributed by atoms with Gasteiger partial charge in [-0.1, -0.05) is 84.9 Å². The Morgan fingerprint density at radius 1 is 0.731 bits per heavy atom. The van der Waals surface area contributed by atoms with Crippen LogP contribution in [0.2, 0.25) is 0 Å². The van der Waals surface area contributed by atoms with E-state index >= 15 is 0 Å². The molecule has 4 aromatic rings. The first kappa shape index (κ1) is 16.1. The first-order valence-electron chi connectivity index (χ1n) is 8.60. The lowest BCUT2D eigenvalue weighted by Crippen LogP contribution is -2.03. The predicted octanol–water partition coefficient (Wildman–Crippen LogP) is 5.65. The van der Waals surface area contributed by atoms with Gasteiger partial charge < -0.3 is 4.74 Å². The molecule has 26 heavy (non-hydrogen) atoms. The molecule has 0 radical (unpaired) electrons. The van der Waals surface area contributed by atoms with E-state index in [1.54, 1.807) is 0 Å². The van der Waals surface area contributed by atoms with Crippen molar-refractivity contribution in [3.05, 3.63) is 114 Å².